The van der Waals surface area contributed by atoms with Crippen molar-refractivity contribution in [3.05, 3.63) is 65.6 Å². The van der Waals surface area contributed by atoms with Crippen LogP contribution in [-0.2, 0) is 0 Å². The highest BCUT2D eigenvalue weighted by molar-refractivity contribution is 5.98. The van der Waals surface area contributed by atoms with E-state index in [0.717, 1.165) is 30.2 Å². The lowest BCUT2D eigenvalue weighted by molar-refractivity contribution is 0.0946. The van der Waals surface area contributed by atoms with E-state index in [1.807, 2.05) is 52.8 Å². The molecule has 6 nitrogen and oxygen atoms in total. The highest BCUT2D eigenvalue weighted by Gasteiger charge is 2.24. The van der Waals surface area contributed by atoms with Crippen molar-refractivity contribution in [3.8, 4) is 11.5 Å². The van der Waals surface area contributed by atoms with Gasteiger partial charge in [0.25, 0.3) is 5.91 Å². The van der Waals surface area contributed by atoms with Crippen LogP contribution in [0.4, 0.5) is 0 Å². The molecule has 1 N–H and O–H groups in total. The van der Waals surface area contributed by atoms with Crippen LogP contribution < -0.4 is 5.32 Å². The largest absolute Gasteiger partial charge is 0.352 e. The smallest absolute Gasteiger partial charge is 0.256 e. The predicted octanol–water partition coefficient (Wildman–Crippen LogP) is 4.66. The number of aryl methyl sites for hydroxylation is 2. The van der Waals surface area contributed by atoms with Crippen LogP contribution in [0.25, 0.3) is 11.5 Å². The molecule has 32 heavy (non-hydrogen) atoms. The molecule has 170 valence electrons. The van der Waals surface area contributed by atoms with Crippen molar-refractivity contribution in [1.29, 1.82) is 0 Å². The van der Waals surface area contributed by atoms with Gasteiger partial charge in [0.15, 0.2) is 5.82 Å². The second kappa shape index (κ2) is 10.2. The van der Waals surface area contributed by atoms with Gasteiger partial charge in [-0.15, -0.1) is 0 Å². The molecule has 4 rings (SSSR count). The Morgan fingerprint density at radius 2 is 1.88 bits per heavy atom. The maximum Gasteiger partial charge on any atom is 0.256 e. The van der Waals surface area contributed by atoms with Gasteiger partial charge in [0.2, 0.25) is 0 Å². The molecule has 1 aromatic carbocycles. The fourth-order valence-electron chi connectivity index (χ4n) is 4.75. The van der Waals surface area contributed by atoms with Crippen LogP contribution in [0.15, 0.2) is 48.8 Å². The van der Waals surface area contributed by atoms with Crippen molar-refractivity contribution in [2.75, 3.05) is 19.6 Å². The number of hydrogen-bond acceptors (Lipinski definition) is 3. The molecular formula is C26H35N5O. The third-order valence-electron chi connectivity index (χ3n) is 6.52. The summed E-state index contributed by atoms with van der Waals surface area (Å²) < 4.78 is 3.83. The first-order valence-corrected chi connectivity index (χ1v) is 11.9. The summed E-state index contributed by atoms with van der Waals surface area (Å²) in [6.07, 6.45) is 10.0. The summed E-state index contributed by atoms with van der Waals surface area (Å²) in [6.45, 7) is 9.16. The molecule has 1 aliphatic heterocycles. The fourth-order valence-corrected chi connectivity index (χ4v) is 4.75. The molecule has 0 unspecified atom stereocenters. The number of carbonyl (C=O) groups is 1. The molecule has 2 aromatic heterocycles. The quantitative estimate of drug-likeness (QED) is 0.526. The van der Waals surface area contributed by atoms with Gasteiger partial charge in [-0.2, -0.15) is 5.10 Å². The molecule has 0 aliphatic carbocycles. The van der Waals surface area contributed by atoms with Gasteiger partial charge in [0.05, 0.1) is 11.4 Å². The summed E-state index contributed by atoms with van der Waals surface area (Å²) in [7, 11) is 0. The predicted molar refractivity (Wildman–Crippen MR) is 129 cm³/mol. The van der Waals surface area contributed by atoms with Gasteiger partial charge in [-0.05, 0) is 70.3 Å². The molecule has 1 atom stereocenters. The monoisotopic (exact) mass is 433 g/mol. The zero-order valence-corrected chi connectivity index (χ0v) is 19.6. The number of likely N-dealkylation sites (tertiary alicyclic amines) is 1. The van der Waals surface area contributed by atoms with E-state index in [0.29, 0.717) is 18.2 Å². The highest BCUT2D eigenvalue weighted by Crippen LogP contribution is 2.23. The lowest BCUT2D eigenvalue weighted by Gasteiger charge is -2.35. The van der Waals surface area contributed by atoms with E-state index in [1.54, 1.807) is 0 Å². The van der Waals surface area contributed by atoms with E-state index in [2.05, 4.69) is 36.2 Å². The first-order chi connectivity index (χ1) is 15.6. The van der Waals surface area contributed by atoms with E-state index in [1.165, 1.54) is 37.8 Å². The van der Waals surface area contributed by atoms with Gasteiger partial charge in [0.1, 0.15) is 5.56 Å². The van der Waals surface area contributed by atoms with E-state index in [-0.39, 0.29) is 5.91 Å². The van der Waals surface area contributed by atoms with E-state index in [4.69, 9.17) is 5.10 Å². The maximum atomic E-state index is 13.3. The SMILES string of the molecule is CC[C@@H]1CCCCN1CCCNC(=O)c1c(C)nn(-c2ccc(C)cc2)c1-n1cccc1. The lowest BCUT2D eigenvalue weighted by atomic mass is 10.00. The highest BCUT2D eigenvalue weighted by atomic mass is 16.1. The molecule has 1 aliphatic rings. The van der Waals surface area contributed by atoms with Gasteiger partial charge < -0.3 is 14.8 Å². The number of nitrogens with zero attached hydrogens (tertiary/aromatic N) is 4. The third kappa shape index (κ3) is 4.80. The minimum absolute atomic E-state index is 0.0600. The van der Waals surface area contributed by atoms with Crippen LogP contribution in [-0.4, -0.2) is 50.8 Å². The van der Waals surface area contributed by atoms with Crippen LogP contribution in [0.1, 0.15) is 60.6 Å². The number of nitrogens with one attached hydrogen (secondary N) is 1. The lowest BCUT2D eigenvalue weighted by Crippen LogP contribution is -2.40. The van der Waals surface area contributed by atoms with Gasteiger partial charge in [0, 0.05) is 31.5 Å². The van der Waals surface area contributed by atoms with Crippen LogP contribution in [0, 0.1) is 13.8 Å². The molecule has 0 saturated carbocycles. The van der Waals surface area contributed by atoms with Crippen molar-refractivity contribution in [2.45, 2.75) is 58.9 Å². The fraction of sp³-hybridized carbons (Fsp3) is 0.462. The summed E-state index contributed by atoms with van der Waals surface area (Å²) >= 11 is 0. The van der Waals surface area contributed by atoms with Crippen LogP contribution in [0.3, 0.4) is 0 Å². The van der Waals surface area contributed by atoms with E-state index >= 15 is 0 Å². The van der Waals surface area contributed by atoms with Gasteiger partial charge in [-0.1, -0.05) is 31.0 Å². The Balaban J connectivity index is 1.50. The number of rotatable bonds is 8. The van der Waals surface area contributed by atoms with Crippen LogP contribution in [0.2, 0.25) is 0 Å². The Labute approximate surface area is 191 Å². The summed E-state index contributed by atoms with van der Waals surface area (Å²) in [5, 5.41) is 7.89. The average molecular weight is 434 g/mol. The van der Waals surface area contributed by atoms with Crippen LogP contribution in [0.5, 0.6) is 0 Å². The van der Waals surface area contributed by atoms with Crippen molar-refractivity contribution in [1.82, 2.24) is 24.6 Å². The molecule has 3 aromatic rings. The molecule has 1 amide bonds. The number of aromatic nitrogens is 3. The number of hydrogen-bond donors (Lipinski definition) is 1. The van der Waals surface area contributed by atoms with Crippen LogP contribution >= 0.6 is 0 Å². The first-order valence-electron chi connectivity index (χ1n) is 11.9. The molecule has 0 bridgehead atoms. The Morgan fingerprint density at radius 3 is 2.59 bits per heavy atom. The first kappa shape index (κ1) is 22.3. The number of benzene rings is 1. The molecule has 3 heterocycles. The second-order valence-electron chi connectivity index (χ2n) is 8.82. The van der Waals surface area contributed by atoms with Gasteiger partial charge >= 0.3 is 0 Å². The molecular weight excluding hydrogens is 398 g/mol. The van der Waals surface area contributed by atoms with E-state index < -0.39 is 0 Å². The normalized spacial score (nSPS) is 16.9. The molecule has 0 radical (unpaired) electrons. The maximum absolute atomic E-state index is 13.3. The zero-order chi connectivity index (χ0) is 22.5. The summed E-state index contributed by atoms with van der Waals surface area (Å²) in [6, 6.07) is 12.8. The summed E-state index contributed by atoms with van der Waals surface area (Å²) in [5.41, 5.74) is 3.49. The zero-order valence-electron chi connectivity index (χ0n) is 19.6. The van der Waals surface area contributed by atoms with Gasteiger partial charge in [-0.25, -0.2) is 4.68 Å². The van der Waals surface area contributed by atoms with Crippen molar-refractivity contribution < 1.29 is 4.79 Å². The van der Waals surface area contributed by atoms with Crippen molar-refractivity contribution in [2.24, 2.45) is 0 Å². The Morgan fingerprint density at radius 1 is 1.12 bits per heavy atom. The average Bonchev–Trinajstić information content (AvgIpc) is 3.45. The third-order valence-corrected chi connectivity index (χ3v) is 6.52. The number of amides is 1. The minimum Gasteiger partial charge on any atom is -0.352 e. The summed E-state index contributed by atoms with van der Waals surface area (Å²) in [4.78, 5) is 15.9. The molecule has 6 heteroatoms. The van der Waals surface area contributed by atoms with Crippen molar-refractivity contribution in [3.63, 3.8) is 0 Å². The topological polar surface area (TPSA) is 55.1 Å². The Bertz CT molecular complexity index is 1020. The van der Waals surface area contributed by atoms with Gasteiger partial charge in [-0.3, -0.25) is 4.79 Å². The number of carbonyl (C=O) groups excluding carboxylic acids is 1. The van der Waals surface area contributed by atoms with E-state index in [9.17, 15) is 4.79 Å². The minimum atomic E-state index is -0.0600. The summed E-state index contributed by atoms with van der Waals surface area (Å²) in [5.74, 6) is 0.714. The Kier molecular flexibility index (Phi) is 7.10. The van der Waals surface area contributed by atoms with Crippen molar-refractivity contribution >= 4 is 5.91 Å². The molecule has 1 saturated heterocycles. The molecule has 1 fully saturated rings. The number of piperidine rings is 1. The standard InChI is InChI=1S/C26H35N5O/c1-4-22-10-5-6-16-29(22)19-9-15-27-25(32)24-21(3)28-31(23-13-11-20(2)12-14-23)26(24)30-17-7-8-18-30/h7-8,11-14,17-18,22H,4-6,9-10,15-16,19H2,1-3H3,(H,27,32)/t22-/m1/s1. The Hall–Kier alpha value is -2.86. The second-order valence-corrected chi connectivity index (χ2v) is 8.82. The molecule has 0 spiro atoms.